The minimum Gasteiger partial charge on any atom is -0.192 e. The van der Waals surface area contributed by atoms with Crippen molar-refractivity contribution >= 4 is 54.2 Å². The standard InChI is InChI=1S/2C14H10.C12H4N4/c2*1-3-7-13-11(5-1)9-10-12-6-2-4-8-14(12)13;13-5-11(6-14)9-1-2-10(4-3-9)12(7-15)8-16/h2*1-10H;1-4H. The Morgan fingerprint density at radius 3 is 0.750 bits per heavy atom. The maximum absolute atomic E-state index is 8.63. The summed E-state index contributed by atoms with van der Waals surface area (Å²) in [6.45, 7) is 0. The molecule has 0 aliphatic carbocycles. The first-order valence-corrected chi connectivity index (χ1v) is 13.8. The van der Waals surface area contributed by atoms with Gasteiger partial charge in [0.2, 0.25) is 0 Å². The van der Waals surface area contributed by atoms with E-state index in [1.165, 1.54) is 67.4 Å². The molecular weight excluding hydrogens is 536 g/mol. The van der Waals surface area contributed by atoms with E-state index in [0.717, 1.165) is 0 Å². The van der Waals surface area contributed by atoms with Crippen molar-refractivity contribution in [2.24, 2.45) is 0 Å². The van der Waals surface area contributed by atoms with Crippen LogP contribution in [0.25, 0.3) is 54.2 Å². The molecule has 0 saturated heterocycles. The zero-order valence-corrected chi connectivity index (χ0v) is 23.6. The monoisotopic (exact) mass is 560 g/mol. The molecule has 0 atom stereocenters. The van der Waals surface area contributed by atoms with Gasteiger partial charge in [-0.3, -0.25) is 0 Å². The SMILES string of the molecule is N#CC(C#N)=c1ccc(=C(C#N)C#N)cc1.c1ccc2c(c1)ccc1ccccc12.c1ccc2c(c1)ccc1ccccc12. The number of hydrogen-bond acceptors (Lipinski definition) is 4. The fraction of sp³-hybridized carbons (Fsp3) is 0. The molecule has 4 nitrogen and oxygen atoms in total. The Labute approximate surface area is 255 Å². The molecule has 0 aromatic heterocycles. The first-order valence-electron chi connectivity index (χ1n) is 13.8. The quantitative estimate of drug-likeness (QED) is 0.175. The van der Waals surface area contributed by atoms with Crippen molar-refractivity contribution in [1.82, 2.24) is 0 Å². The van der Waals surface area contributed by atoms with Gasteiger partial charge in [0, 0.05) is 10.4 Å². The van der Waals surface area contributed by atoms with Gasteiger partial charge < -0.3 is 0 Å². The van der Waals surface area contributed by atoms with Crippen LogP contribution in [0.2, 0.25) is 0 Å². The maximum atomic E-state index is 8.63. The van der Waals surface area contributed by atoms with Crippen LogP contribution in [0.1, 0.15) is 0 Å². The molecule has 0 spiro atoms. The highest BCUT2D eigenvalue weighted by Crippen LogP contribution is 2.25. The van der Waals surface area contributed by atoms with E-state index < -0.39 is 0 Å². The Morgan fingerprint density at radius 1 is 0.295 bits per heavy atom. The van der Waals surface area contributed by atoms with Gasteiger partial charge in [0.05, 0.1) is 0 Å². The van der Waals surface area contributed by atoms with E-state index in [1.54, 1.807) is 24.3 Å². The van der Waals surface area contributed by atoms with Crippen molar-refractivity contribution in [3.05, 3.63) is 156 Å². The minimum absolute atomic E-state index is 0.00187. The highest BCUT2D eigenvalue weighted by molar-refractivity contribution is 6.08. The lowest BCUT2D eigenvalue weighted by molar-refractivity contribution is 1.46. The molecule has 7 aromatic carbocycles. The summed E-state index contributed by atoms with van der Waals surface area (Å²) in [5, 5.41) is 46.1. The van der Waals surface area contributed by atoms with Gasteiger partial charge in [0.1, 0.15) is 35.4 Å². The van der Waals surface area contributed by atoms with Gasteiger partial charge in [-0.2, -0.15) is 21.0 Å². The van der Waals surface area contributed by atoms with Crippen molar-refractivity contribution < 1.29 is 0 Å². The highest BCUT2D eigenvalue weighted by Gasteiger charge is 1.99. The van der Waals surface area contributed by atoms with Crippen LogP contribution in [0.5, 0.6) is 0 Å². The largest absolute Gasteiger partial charge is 0.192 e. The highest BCUT2D eigenvalue weighted by atomic mass is 14.3. The minimum atomic E-state index is 0.00187. The number of benzene rings is 7. The average molecular weight is 561 g/mol. The van der Waals surface area contributed by atoms with E-state index in [-0.39, 0.29) is 11.1 Å². The first kappa shape index (κ1) is 28.8. The molecule has 0 aliphatic rings. The summed E-state index contributed by atoms with van der Waals surface area (Å²) in [6.07, 6.45) is 0. The van der Waals surface area contributed by atoms with Gasteiger partial charge in [-0.05, 0) is 43.1 Å². The summed E-state index contributed by atoms with van der Waals surface area (Å²) in [7, 11) is 0. The lowest BCUT2D eigenvalue weighted by atomic mass is 10.0. The van der Waals surface area contributed by atoms with Crippen molar-refractivity contribution in [2.45, 2.75) is 0 Å². The van der Waals surface area contributed by atoms with E-state index in [1.807, 2.05) is 0 Å². The number of hydrogen-bond donors (Lipinski definition) is 0. The van der Waals surface area contributed by atoms with Crippen molar-refractivity contribution in [1.29, 1.82) is 21.0 Å². The predicted molar refractivity (Wildman–Crippen MR) is 178 cm³/mol. The number of rotatable bonds is 0. The Bertz CT molecular complexity index is 2110. The number of nitrogens with zero attached hydrogens (tertiary/aromatic N) is 4. The second-order valence-electron chi connectivity index (χ2n) is 9.79. The Balaban J connectivity index is 0.000000131. The van der Waals surface area contributed by atoms with Crippen LogP contribution in [0.3, 0.4) is 0 Å². The molecule has 0 radical (unpaired) electrons. The lowest BCUT2D eigenvalue weighted by Crippen LogP contribution is -2.11. The number of fused-ring (bicyclic) bond motifs is 6. The van der Waals surface area contributed by atoms with Crippen LogP contribution < -0.4 is 10.4 Å². The summed E-state index contributed by atoms with van der Waals surface area (Å²) in [6, 6.07) is 55.9. The van der Waals surface area contributed by atoms with Crippen LogP contribution >= 0.6 is 0 Å². The van der Waals surface area contributed by atoms with Crippen molar-refractivity contribution in [3.8, 4) is 24.3 Å². The van der Waals surface area contributed by atoms with Gasteiger partial charge in [0.15, 0.2) is 0 Å². The van der Waals surface area contributed by atoms with Crippen molar-refractivity contribution in [2.75, 3.05) is 0 Å². The molecule has 0 bridgehead atoms. The predicted octanol–water partition coefficient (Wildman–Crippen LogP) is 8.07. The van der Waals surface area contributed by atoms with Crippen LogP contribution in [-0.4, -0.2) is 0 Å². The molecule has 7 rings (SSSR count). The van der Waals surface area contributed by atoms with Gasteiger partial charge in [-0.25, -0.2) is 0 Å². The van der Waals surface area contributed by atoms with E-state index >= 15 is 0 Å². The smallest absolute Gasteiger partial charge is 0.136 e. The topological polar surface area (TPSA) is 95.2 Å². The zero-order valence-electron chi connectivity index (χ0n) is 23.6. The lowest BCUT2D eigenvalue weighted by Gasteiger charge is -2.02. The molecule has 0 aliphatic heterocycles. The summed E-state index contributed by atoms with van der Waals surface area (Å²) in [5.41, 5.74) is 0.00373. The molecule has 0 saturated carbocycles. The molecule has 0 unspecified atom stereocenters. The van der Waals surface area contributed by atoms with E-state index in [2.05, 4.69) is 121 Å². The summed E-state index contributed by atoms with van der Waals surface area (Å²) < 4.78 is 0. The third-order valence-corrected chi connectivity index (χ3v) is 7.22. The molecular formula is C40H24N4. The van der Waals surface area contributed by atoms with Crippen LogP contribution in [0.15, 0.2) is 146 Å². The summed E-state index contributed by atoms with van der Waals surface area (Å²) in [4.78, 5) is 0. The molecule has 4 heteroatoms. The molecule has 7 aromatic rings. The van der Waals surface area contributed by atoms with Crippen LogP contribution in [-0.2, 0) is 0 Å². The first-order chi connectivity index (χ1) is 21.7. The summed E-state index contributed by atoms with van der Waals surface area (Å²) in [5.74, 6) is 0. The van der Waals surface area contributed by atoms with E-state index in [9.17, 15) is 0 Å². The van der Waals surface area contributed by atoms with Crippen LogP contribution in [0.4, 0.5) is 0 Å². The third-order valence-electron chi connectivity index (χ3n) is 7.22. The Kier molecular flexibility index (Phi) is 9.01. The maximum Gasteiger partial charge on any atom is 0.136 e. The molecule has 0 amide bonds. The van der Waals surface area contributed by atoms with E-state index in [4.69, 9.17) is 21.0 Å². The fourth-order valence-electron chi connectivity index (χ4n) is 5.02. The Morgan fingerprint density at radius 2 is 0.523 bits per heavy atom. The molecule has 0 N–H and O–H groups in total. The van der Waals surface area contributed by atoms with Gasteiger partial charge >= 0.3 is 0 Å². The fourth-order valence-corrected chi connectivity index (χ4v) is 5.02. The van der Waals surface area contributed by atoms with Gasteiger partial charge in [-0.1, -0.05) is 146 Å². The molecule has 204 valence electrons. The normalized spacial score (nSPS) is 9.73. The zero-order chi connectivity index (χ0) is 30.7. The second kappa shape index (κ2) is 13.8. The summed E-state index contributed by atoms with van der Waals surface area (Å²) >= 11 is 0. The third kappa shape index (κ3) is 6.28. The molecule has 44 heavy (non-hydrogen) atoms. The number of nitriles is 4. The Hall–Kier alpha value is -6.72. The second-order valence-corrected chi connectivity index (χ2v) is 9.79. The van der Waals surface area contributed by atoms with Gasteiger partial charge in [0.25, 0.3) is 0 Å². The molecule has 0 heterocycles. The van der Waals surface area contributed by atoms with Crippen LogP contribution in [0, 0.1) is 45.3 Å². The van der Waals surface area contributed by atoms with Crippen molar-refractivity contribution in [3.63, 3.8) is 0 Å². The average Bonchev–Trinajstić information content (AvgIpc) is 3.10. The van der Waals surface area contributed by atoms with E-state index in [0.29, 0.717) is 10.4 Å². The molecule has 0 fully saturated rings. The van der Waals surface area contributed by atoms with Gasteiger partial charge in [-0.15, -0.1) is 0 Å².